The van der Waals surface area contributed by atoms with Crippen molar-refractivity contribution in [2.75, 3.05) is 10.6 Å². The minimum Gasteiger partial charge on any atom is -0.380 e. The number of carbonyl (C=O) groups excluding carboxylic acids is 1. The Labute approximate surface area is 135 Å². The summed E-state index contributed by atoms with van der Waals surface area (Å²) in [6.07, 6.45) is 0. The van der Waals surface area contributed by atoms with Crippen LogP contribution in [0.2, 0.25) is 4.34 Å². The molecule has 0 bridgehead atoms. The highest BCUT2D eigenvalue weighted by Crippen LogP contribution is 2.32. The van der Waals surface area contributed by atoms with Crippen molar-refractivity contribution in [3.05, 3.63) is 43.5 Å². The number of carbonyl (C=O) groups is 1. The normalized spacial score (nSPS) is 10.4. The van der Waals surface area contributed by atoms with Gasteiger partial charge in [0.2, 0.25) is 5.91 Å². The molecule has 0 unspecified atom stereocenters. The summed E-state index contributed by atoms with van der Waals surface area (Å²) in [4.78, 5) is 12.2. The highest BCUT2D eigenvalue weighted by molar-refractivity contribution is 9.10. The maximum Gasteiger partial charge on any atom is 0.221 e. The molecular formula is C14H14BrClN2OS. The van der Waals surface area contributed by atoms with Gasteiger partial charge in [0.25, 0.3) is 0 Å². The molecule has 0 spiro atoms. The van der Waals surface area contributed by atoms with Crippen molar-refractivity contribution in [3.8, 4) is 0 Å². The molecule has 0 fully saturated rings. The first kappa shape index (κ1) is 15.4. The number of anilines is 2. The molecule has 2 aromatic rings. The maximum atomic E-state index is 11.1. The highest BCUT2D eigenvalue weighted by atomic mass is 79.9. The Balaban J connectivity index is 2.10. The van der Waals surface area contributed by atoms with Crippen LogP contribution in [0.5, 0.6) is 0 Å². The molecule has 0 aliphatic carbocycles. The summed E-state index contributed by atoms with van der Waals surface area (Å²) in [5, 5.41) is 6.14. The Morgan fingerprint density at radius 3 is 2.75 bits per heavy atom. The fourth-order valence-corrected chi connectivity index (χ4v) is 3.48. The molecule has 1 aromatic carbocycles. The van der Waals surface area contributed by atoms with Crippen LogP contribution >= 0.6 is 38.9 Å². The van der Waals surface area contributed by atoms with Crippen molar-refractivity contribution in [3.63, 3.8) is 0 Å². The van der Waals surface area contributed by atoms with E-state index in [1.54, 1.807) is 11.3 Å². The lowest BCUT2D eigenvalue weighted by atomic mass is 10.1. The SMILES string of the molecule is CC(=O)Nc1ccc(C)c(NCc2cc(Br)c(Cl)s2)c1. The summed E-state index contributed by atoms with van der Waals surface area (Å²) >= 11 is 11.0. The first-order valence-electron chi connectivity index (χ1n) is 6.01. The van der Waals surface area contributed by atoms with Gasteiger partial charge in [-0.2, -0.15) is 0 Å². The van der Waals surface area contributed by atoms with Crippen LogP contribution in [0.4, 0.5) is 11.4 Å². The molecule has 0 saturated carbocycles. The van der Waals surface area contributed by atoms with Gasteiger partial charge in [0.1, 0.15) is 4.34 Å². The molecule has 106 valence electrons. The second-order valence-electron chi connectivity index (χ2n) is 4.40. The fraction of sp³-hybridized carbons (Fsp3) is 0.214. The van der Waals surface area contributed by atoms with E-state index in [4.69, 9.17) is 11.6 Å². The van der Waals surface area contributed by atoms with Gasteiger partial charge in [-0.15, -0.1) is 11.3 Å². The van der Waals surface area contributed by atoms with Gasteiger partial charge in [0, 0.05) is 34.2 Å². The predicted molar refractivity (Wildman–Crippen MR) is 89.8 cm³/mol. The van der Waals surface area contributed by atoms with Crippen LogP contribution in [-0.4, -0.2) is 5.91 Å². The molecule has 2 rings (SSSR count). The molecular weight excluding hydrogens is 360 g/mol. The Kier molecular flexibility index (Phi) is 5.07. The molecule has 0 atom stereocenters. The number of hydrogen-bond donors (Lipinski definition) is 2. The zero-order valence-corrected chi connectivity index (χ0v) is 14.2. The van der Waals surface area contributed by atoms with Crippen LogP contribution in [0.1, 0.15) is 17.4 Å². The lowest BCUT2D eigenvalue weighted by molar-refractivity contribution is -0.114. The van der Waals surface area contributed by atoms with E-state index in [-0.39, 0.29) is 5.91 Å². The van der Waals surface area contributed by atoms with Crippen molar-refractivity contribution in [1.29, 1.82) is 0 Å². The Hall–Kier alpha value is -1.04. The van der Waals surface area contributed by atoms with Gasteiger partial charge in [-0.3, -0.25) is 4.79 Å². The first-order chi connectivity index (χ1) is 9.45. The fourth-order valence-electron chi connectivity index (χ4n) is 1.75. The Morgan fingerprint density at radius 2 is 2.15 bits per heavy atom. The second kappa shape index (κ2) is 6.61. The number of hydrogen-bond acceptors (Lipinski definition) is 3. The van der Waals surface area contributed by atoms with Crippen molar-refractivity contribution in [1.82, 2.24) is 0 Å². The number of thiophene rings is 1. The maximum absolute atomic E-state index is 11.1. The Bertz CT molecular complexity index is 623. The lowest BCUT2D eigenvalue weighted by Gasteiger charge is -2.11. The summed E-state index contributed by atoms with van der Waals surface area (Å²) < 4.78 is 1.68. The summed E-state index contributed by atoms with van der Waals surface area (Å²) in [6, 6.07) is 7.80. The molecule has 2 N–H and O–H groups in total. The lowest BCUT2D eigenvalue weighted by Crippen LogP contribution is -2.07. The van der Waals surface area contributed by atoms with Gasteiger partial charge in [-0.25, -0.2) is 0 Å². The largest absolute Gasteiger partial charge is 0.380 e. The molecule has 20 heavy (non-hydrogen) atoms. The second-order valence-corrected chi connectivity index (χ2v) is 6.99. The average Bonchev–Trinajstić information content (AvgIpc) is 2.69. The van der Waals surface area contributed by atoms with E-state index in [9.17, 15) is 4.79 Å². The number of nitrogens with one attached hydrogen (secondary N) is 2. The Morgan fingerprint density at radius 1 is 1.40 bits per heavy atom. The van der Waals surface area contributed by atoms with Crippen LogP contribution in [-0.2, 0) is 11.3 Å². The van der Waals surface area contributed by atoms with Crippen LogP contribution in [0.15, 0.2) is 28.7 Å². The van der Waals surface area contributed by atoms with Gasteiger partial charge >= 0.3 is 0 Å². The smallest absolute Gasteiger partial charge is 0.221 e. The molecule has 3 nitrogen and oxygen atoms in total. The summed E-state index contributed by atoms with van der Waals surface area (Å²) in [5.41, 5.74) is 2.91. The van der Waals surface area contributed by atoms with Crippen molar-refractivity contribution >= 4 is 56.1 Å². The third kappa shape index (κ3) is 3.98. The summed E-state index contributed by atoms with van der Waals surface area (Å²) in [5.74, 6) is -0.0752. The number of amides is 1. The van der Waals surface area contributed by atoms with E-state index in [2.05, 4.69) is 26.6 Å². The van der Waals surface area contributed by atoms with E-state index >= 15 is 0 Å². The van der Waals surface area contributed by atoms with Crippen LogP contribution < -0.4 is 10.6 Å². The van der Waals surface area contributed by atoms with Crippen LogP contribution in [0.3, 0.4) is 0 Å². The summed E-state index contributed by atoms with van der Waals surface area (Å²) in [6.45, 7) is 4.22. The minimum atomic E-state index is -0.0752. The standard InChI is InChI=1S/C14H14BrClN2OS/c1-8-3-4-10(18-9(2)19)5-13(8)17-7-11-6-12(15)14(16)20-11/h3-6,17H,7H2,1-2H3,(H,18,19). The monoisotopic (exact) mass is 372 g/mol. The molecule has 1 aromatic heterocycles. The van der Waals surface area contributed by atoms with Crippen molar-refractivity contribution < 1.29 is 4.79 Å². The molecule has 1 amide bonds. The van der Waals surface area contributed by atoms with E-state index in [0.717, 1.165) is 30.6 Å². The molecule has 0 aliphatic rings. The average molecular weight is 374 g/mol. The minimum absolute atomic E-state index is 0.0752. The molecule has 1 heterocycles. The molecule has 6 heteroatoms. The van der Waals surface area contributed by atoms with Gasteiger partial charge in [-0.1, -0.05) is 17.7 Å². The zero-order chi connectivity index (χ0) is 14.7. The summed E-state index contributed by atoms with van der Waals surface area (Å²) in [7, 11) is 0. The van der Waals surface area contributed by atoms with E-state index in [1.807, 2.05) is 31.2 Å². The molecule has 0 radical (unpaired) electrons. The van der Waals surface area contributed by atoms with Gasteiger partial charge < -0.3 is 10.6 Å². The third-order valence-corrected chi connectivity index (χ3v) is 5.18. The number of benzene rings is 1. The van der Waals surface area contributed by atoms with Gasteiger partial charge in [0.15, 0.2) is 0 Å². The zero-order valence-electron chi connectivity index (χ0n) is 11.1. The van der Waals surface area contributed by atoms with Crippen LogP contribution in [0.25, 0.3) is 0 Å². The van der Waals surface area contributed by atoms with Crippen molar-refractivity contribution in [2.24, 2.45) is 0 Å². The van der Waals surface area contributed by atoms with Crippen molar-refractivity contribution in [2.45, 2.75) is 20.4 Å². The van der Waals surface area contributed by atoms with E-state index in [0.29, 0.717) is 6.54 Å². The topological polar surface area (TPSA) is 41.1 Å². The predicted octanol–water partition coefficient (Wildman–Crippen LogP) is 5.04. The molecule has 0 aliphatic heterocycles. The van der Waals surface area contributed by atoms with E-state index < -0.39 is 0 Å². The van der Waals surface area contributed by atoms with E-state index in [1.165, 1.54) is 6.92 Å². The number of aryl methyl sites for hydroxylation is 1. The third-order valence-electron chi connectivity index (χ3n) is 2.71. The van der Waals surface area contributed by atoms with Crippen LogP contribution in [0, 0.1) is 6.92 Å². The molecule has 0 saturated heterocycles. The number of rotatable bonds is 4. The first-order valence-corrected chi connectivity index (χ1v) is 8.00. The van der Waals surface area contributed by atoms with Gasteiger partial charge in [-0.05, 0) is 46.6 Å². The number of halogens is 2. The highest BCUT2D eigenvalue weighted by Gasteiger charge is 2.06. The van der Waals surface area contributed by atoms with Gasteiger partial charge in [0.05, 0.1) is 0 Å². The quantitative estimate of drug-likeness (QED) is 0.788.